The van der Waals surface area contributed by atoms with Crippen LogP contribution in [-0.4, -0.2) is 71.1 Å². The number of anilines is 1. The van der Waals surface area contributed by atoms with Crippen molar-refractivity contribution in [2.75, 3.05) is 44.2 Å². The van der Waals surface area contributed by atoms with Gasteiger partial charge in [0, 0.05) is 56.7 Å². The summed E-state index contributed by atoms with van der Waals surface area (Å²) >= 11 is 0. The highest BCUT2D eigenvalue weighted by atomic mass is 19.1. The molecule has 0 bridgehead atoms. The zero-order valence-electron chi connectivity index (χ0n) is 17.2. The number of nitrogens with zero attached hydrogens (tertiary/aromatic N) is 5. The molecule has 2 amide bonds. The molecular weight excluding hydrogens is 383 g/mol. The molecule has 1 aromatic heterocycles. The van der Waals surface area contributed by atoms with E-state index in [0.29, 0.717) is 18.7 Å². The number of carbonyl (C=O) groups excluding carboxylic acids is 1. The number of hydrogen-bond acceptors (Lipinski definition) is 5. The van der Waals surface area contributed by atoms with Gasteiger partial charge >= 0.3 is 6.03 Å². The molecule has 30 heavy (non-hydrogen) atoms. The van der Waals surface area contributed by atoms with Crippen LogP contribution in [0.3, 0.4) is 0 Å². The summed E-state index contributed by atoms with van der Waals surface area (Å²) in [5, 5.41) is 3.03. The second kappa shape index (κ2) is 9.84. The van der Waals surface area contributed by atoms with Gasteiger partial charge in [-0.25, -0.2) is 19.2 Å². The average Bonchev–Trinajstić information content (AvgIpc) is 3.62. The van der Waals surface area contributed by atoms with Crippen molar-refractivity contribution in [2.45, 2.75) is 31.8 Å². The highest BCUT2D eigenvalue weighted by Crippen LogP contribution is 2.28. The Morgan fingerprint density at radius 1 is 1.10 bits per heavy atom. The van der Waals surface area contributed by atoms with Crippen LogP contribution in [0.25, 0.3) is 0 Å². The summed E-state index contributed by atoms with van der Waals surface area (Å²) in [6, 6.07) is 8.65. The van der Waals surface area contributed by atoms with Crippen LogP contribution in [-0.2, 0) is 6.54 Å². The minimum absolute atomic E-state index is 0.0909. The molecule has 0 radical (unpaired) electrons. The van der Waals surface area contributed by atoms with E-state index in [1.165, 1.54) is 6.07 Å². The van der Waals surface area contributed by atoms with E-state index in [2.05, 4.69) is 25.1 Å². The molecule has 8 heteroatoms. The van der Waals surface area contributed by atoms with Crippen LogP contribution in [0.4, 0.5) is 15.1 Å². The van der Waals surface area contributed by atoms with Gasteiger partial charge in [-0.1, -0.05) is 18.2 Å². The Morgan fingerprint density at radius 3 is 2.53 bits per heavy atom. The molecule has 4 rings (SSSR count). The zero-order chi connectivity index (χ0) is 20.8. The van der Waals surface area contributed by atoms with Crippen LogP contribution in [0, 0.1) is 5.82 Å². The zero-order valence-corrected chi connectivity index (χ0v) is 17.2. The van der Waals surface area contributed by atoms with Gasteiger partial charge in [0.15, 0.2) is 0 Å². The molecule has 2 aromatic rings. The first-order valence-corrected chi connectivity index (χ1v) is 10.7. The van der Waals surface area contributed by atoms with Gasteiger partial charge in [-0.15, -0.1) is 0 Å². The Bertz CT molecular complexity index is 823. The Morgan fingerprint density at radius 2 is 1.83 bits per heavy atom. The van der Waals surface area contributed by atoms with Gasteiger partial charge in [-0.2, -0.15) is 0 Å². The highest BCUT2D eigenvalue weighted by molar-refractivity contribution is 5.74. The lowest BCUT2D eigenvalue weighted by atomic mass is 10.2. The summed E-state index contributed by atoms with van der Waals surface area (Å²) < 4.78 is 14.0. The van der Waals surface area contributed by atoms with Crippen LogP contribution >= 0.6 is 0 Å². The molecule has 1 aliphatic heterocycles. The Kier molecular flexibility index (Phi) is 6.74. The van der Waals surface area contributed by atoms with E-state index in [-0.39, 0.29) is 17.9 Å². The van der Waals surface area contributed by atoms with E-state index >= 15 is 0 Å². The Balaban J connectivity index is 1.17. The summed E-state index contributed by atoms with van der Waals surface area (Å²) in [4.78, 5) is 27.7. The van der Waals surface area contributed by atoms with E-state index in [4.69, 9.17) is 0 Å². The molecule has 1 N–H and O–H groups in total. The molecule has 1 saturated heterocycles. The van der Waals surface area contributed by atoms with Crippen LogP contribution in [0.1, 0.15) is 24.8 Å². The van der Waals surface area contributed by atoms with Crippen molar-refractivity contribution in [1.82, 2.24) is 25.1 Å². The van der Waals surface area contributed by atoms with E-state index in [1.807, 2.05) is 12.1 Å². The lowest BCUT2D eigenvalue weighted by Crippen LogP contribution is -2.48. The fourth-order valence-corrected chi connectivity index (χ4v) is 3.79. The van der Waals surface area contributed by atoms with Crippen molar-refractivity contribution in [1.29, 1.82) is 0 Å². The molecule has 0 atom stereocenters. The summed E-state index contributed by atoms with van der Waals surface area (Å²) in [6.45, 7) is 5.65. The fraction of sp³-hybridized carbons (Fsp3) is 0.500. The first kappa shape index (κ1) is 20.5. The number of aromatic nitrogens is 2. The third-order valence-corrected chi connectivity index (χ3v) is 5.68. The summed E-state index contributed by atoms with van der Waals surface area (Å²) in [5.41, 5.74) is 0.569. The molecule has 160 valence electrons. The number of hydrogen-bond donors (Lipinski definition) is 1. The number of halogens is 1. The summed E-state index contributed by atoms with van der Waals surface area (Å²) in [6.07, 6.45) is 6.43. The van der Waals surface area contributed by atoms with E-state index in [0.717, 1.165) is 57.9 Å². The number of amides is 2. The van der Waals surface area contributed by atoms with Crippen molar-refractivity contribution < 1.29 is 9.18 Å². The Labute approximate surface area is 176 Å². The Hall–Kier alpha value is -2.74. The van der Waals surface area contributed by atoms with Crippen molar-refractivity contribution in [3.8, 4) is 0 Å². The van der Waals surface area contributed by atoms with Crippen molar-refractivity contribution >= 4 is 12.0 Å². The molecule has 1 aromatic carbocycles. The molecule has 7 nitrogen and oxygen atoms in total. The van der Waals surface area contributed by atoms with Crippen molar-refractivity contribution in [3.05, 3.63) is 54.1 Å². The normalized spacial score (nSPS) is 17.0. The lowest BCUT2D eigenvalue weighted by molar-refractivity contribution is 0.190. The molecule has 1 aliphatic carbocycles. The number of benzene rings is 1. The van der Waals surface area contributed by atoms with E-state index in [1.54, 1.807) is 29.4 Å². The van der Waals surface area contributed by atoms with Crippen LogP contribution in [0.2, 0.25) is 0 Å². The van der Waals surface area contributed by atoms with E-state index < -0.39 is 0 Å². The maximum Gasteiger partial charge on any atom is 0.317 e. The van der Waals surface area contributed by atoms with Gasteiger partial charge in [0.05, 0.1) is 6.54 Å². The van der Waals surface area contributed by atoms with E-state index in [9.17, 15) is 9.18 Å². The monoisotopic (exact) mass is 412 g/mol. The fourth-order valence-electron chi connectivity index (χ4n) is 3.79. The van der Waals surface area contributed by atoms with Crippen LogP contribution < -0.4 is 10.2 Å². The van der Waals surface area contributed by atoms with Gasteiger partial charge in [0.25, 0.3) is 0 Å². The maximum absolute atomic E-state index is 14.0. The number of piperazine rings is 1. The van der Waals surface area contributed by atoms with Gasteiger partial charge in [0.1, 0.15) is 5.82 Å². The minimum atomic E-state index is -0.254. The van der Waals surface area contributed by atoms with Crippen LogP contribution in [0.15, 0.2) is 42.7 Å². The van der Waals surface area contributed by atoms with Gasteiger partial charge in [0.2, 0.25) is 5.95 Å². The second-order valence-corrected chi connectivity index (χ2v) is 7.91. The van der Waals surface area contributed by atoms with Crippen molar-refractivity contribution in [2.24, 2.45) is 0 Å². The topological polar surface area (TPSA) is 64.6 Å². The lowest BCUT2D eigenvalue weighted by Gasteiger charge is -2.34. The molecule has 1 saturated carbocycles. The maximum atomic E-state index is 14.0. The van der Waals surface area contributed by atoms with Crippen molar-refractivity contribution in [3.63, 3.8) is 0 Å². The smallest absolute Gasteiger partial charge is 0.317 e. The van der Waals surface area contributed by atoms with Gasteiger partial charge in [-0.05, 0) is 37.9 Å². The highest BCUT2D eigenvalue weighted by Gasteiger charge is 2.33. The number of nitrogens with one attached hydrogen (secondary N) is 1. The third-order valence-electron chi connectivity index (χ3n) is 5.68. The minimum Gasteiger partial charge on any atom is -0.338 e. The molecule has 0 unspecified atom stereocenters. The predicted octanol–water partition coefficient (Wildman–Crippen LogP) is 2.50. The molecule has 0 spiro atoms. The first-order valence-electron chi connectivity index (χ1n) is 10.7. The molecule has 2 fully saturated rings. The SMILES string of the molecule is O=C(NCCCN1CCN(c2ncccn2)CC1)N(Cc1ccccc1F)C1CC1. The second-order valence-electron chi connectivity index (χ2n) is 7.91. The third kappa shape index (κ3) is 5.44. The summed E-state index contributed by atoms with van der Waals surface area (Å²) in [7, 11) is 0. The number of rotatable bonds is 8. The van der Waals surface area contributed by atoms with Gasteiger partial charge in [-0.3, -0.25) is 4.90 Å². The summed E-state index contributed by atoms with van der Waals surface area (Å²) in [5.74, 6) is 0.537. The number of carbonyl (C=O) groups is 1. The quantitative estimate of drug-likeness (QED) is 0.675. The largest absolute Gasteiger partial charge is 0.338 e. The first-order chi connectivity index (χ1) is 14.7. The van der Waals surface area contributed by atoms with Crippen LogP contribution in [0.5, 0.6) is 0 Å². The molecular formula is C22H29FN6O. The predicted molar refractivity (Wildman–Crippen MR) is 114 cm³/mol. The molecule has 2 heterocycles. The number of urea groups is 1. The average molecular weight is 413 g/mol. The van der Waals surface area contributed by atoms with Gasteiger partial charge < -0.3 is 15.1 Å². The standard InChI is InChI=1S/C22H29FN6O/c23-20-6-2-1-5-18(20)17-29(19-7-8-19)22(30)26-11-4-12-27-13-15-28(16-14-27)21-24-9-3-10-25-21/h1-3,5-6,9-10,19H,4,7-8,11-17H2,(H,26,30). The molecule has 2 aliphatic rings.